The summed E-state index contributed by atoms with van der Waals surface area (Å²) in [6.45, 7) is 4.77. The number of aliphatic carboxylic acids is 1. The van der Waals surface area contributed by atoms with E-state index in [0.717, 1.165) is 25.7 Å². The molecule has 0 amide bonds. The number of allylic oxidation sites excluding steroid dienone is 1. The van der Waals surface area contributed by atoms with Crippen LogP contribution in [0.2, 0.25) is 0 Å². The Bertz CT molecular complexity index is 641. The second kappa shape index (κ2) is 5.94. The highest BCUT2D eigenvalue weighted by Crippen LogP contribution is 2.67. The highest BCUT2D eigenvalue weighted by Gasteiger charge is 2.60. The molecule has 0 spiro atoms. The number of hydrogen-bond donors (Lipinski definition) is 1. The van der Waals surface area contributed by atoms with Gasteiger partial charge in [0.15, 0.2) is 5.78 Å². The quantitative estimate of drug-likeness (QED) is 0.655. The predicted octanol–water partition coefficient (Wildman–Crippen LogP) is 4.98. The lowest BCUT2D eigenvalue weighted by molar-refractivity contribution is -0.139. The number of hydrogen-bond acceptors (Lipinski definition) is 2. The first kappa shape index (κ1) is 17.8. The number of halogens is 1. The number of rotatable bonds is 2. The van der Waals surface area contributed by atoms with Gasteiger partial charge in [-0.3, -0.25) is 9.59 Å². The van der Waals surface area contributed by atoms with E-state index in [0.29, 0.717) is 30.0 Å². The monoisotopic (exact) mass is 408 g/mol. The molecular formula is C21H29BrO3. The largest absolute Gasteiger partial charge is 0.480 e. The molecule has 4 aliphatic rings. The average molecular weight is 409 g/mol. The summed E-state index contributed by atoms with van der Waals surface area (Å²) in [5.74, 6) is 1.88. The lowest BCUT2D eigenvalue weighted by Gasteiger charge is -2.58. The van der Waals surface area contributed by atoms with Gasteiger partial charge < -0.3 is 5.11 Å². The van der Waals surface area contributed by atoms with Gasteiger partial charge in [-0.05, 0) is 85.5 Å². The van der Waals surface area contributed by atoms with Gasteiger partial charge in [0.2, 0.25) is 0 Å². The number of carbonyl (C=O) groups is 2. The third kappa shape index (κ3) is 2.49. The molecule has 0 heterocycles. The maximum atomic E-state index is 11.9. The summed E-state index contributed by atoms with van der Waals surface area (Å²) in [4.78, 5) is 23.1. The van der Waals surface area contributed by atoms with Crippen LogP contribution in [0.1, 0.15) is 65.2 Å². The van der Waals surface area contributed by atoms with E-state index in [4.69, 9.17) is 0 Å². The molecule has 0 saturated heterocycles. The van der Waals surface area contributed by atoms with Crippen LogP contribution in [-0.2, 0) is 9.59 Å². The van der Waals surface area contributed by atoms with Crippen molar-refractivity contribution in [2.24, 2.45) is 34.5 Å². The normalized spacial score (nSPS) is 47.3. The second-order valence-electron chi connectivity index (χ2n) is 9.44. The fraction of sp³-hybridized carbons (Fsp3) is 0.810. The van der Waals surface area contributed by atoms with Gasteiger partial charge in [-0.2, -0.15) is 0 Å². The number of carbonyl (C=O) groups excluding carboxylic acids is 1. The molecule has 4 rings (SSSR count). The van der Waals surface area contributed by atoms with Crippen LogP contribution in [0.5, 0.6) is 0 Å². The Hall–Kier alpha value is -0.640. The van der Waals surface area contributed by atoms with Crippen LogP contribution in [-0.4, -0.2) is 21.7 Å². The molecule has 0 aromatic heterocycles. The van der Waals surface area contributed by atoms with E-state index >= 15 is 0 Å². The smallest absolute Gasteiger partial charge is 0.317 e. The van der Waals surface area contributed by atoms with Gasteiger partial charge in [0.1, 0.15) is 4.83 Å². The molecule has 0 aromatic carbocycles. The van der Waals surface area contributed by atoms with Crippen molar-refractivity contribution in [3.05, 3.63) is 11.6 Å². The van der Waals surface area contributed by atoms with Gasteiger partial charge in [0.25, 0.3) is 0 Å². The van der Waals surface area contributed by atoms with Crippen molar-refractivity contribution in [1.29, 1.82) is 0 Å². The number of carboxylic acids is 1. The Balaban J connectivity index is 1.63. The summed E-state index contributed by atoms with van der Waals surface area (Å²) >= 11 is 3.48. The molecule has 0 bridgehead atoms. The van der Waals surface area contributed by atoms with Gasteiger partial charge in [-0.25, -0.2) is 0 Å². The van der Waals surface area contributed by atoms with Crippen molar-refractivity contribution in [2.45, 2.75) is 70.0 Å². The summed E-state index contributed by atoms with van der Waals surface area (Å²) < 4.78 is 0. The minimum atomic E-state index is -0.708. The molecule has 0 aliphatic heterocycles. The Kier molecular flexibility index (Phi) is 4.22. The Labute approximate surface area is 158 Å². The highest BCUT2D eigenvalue weighted by molar-refractivity contribution is 9.10. The first-order chi connectivity index (χ1) is 11.8. The zero-order chi connectivity index (χ0) is 18.0. The van der Waals surface area contributed by atoms with E-state index < -0.39 is 10.8 Å². The zero-order valence-electron chi connectivity index (χ0n) is 15.3. The molecular weight excluding hydrogens is 380 g/mol. The molecule has 3 saturated carbocycles. The summed E-state index contributed by atoms with van der Waals surface area (Å²) in [5, 5.41) is 9.51. The first-order valence-corrected chi connectivity index (χ1v) is 10.8. The first-order valence-electron chi connectivity index (χ1n) is 9.88. The molecule has 0 aromatic rings. The summed E-state index contributed by atoms with van der Waals surface area (Å²) in [6.07, 6.45) is 10.5. The second-order valence-corrected chi connectivity index (χ2v) is 10.4. The Morgan fingerprint density at radius 1 is 1.16 bits per heavy atom. The summed E-state index contributed by atoms with van der Waals surface area (Å²) in [6, 6.07) is 0. The summed E-state index contributed by atoms with van der Waals surface area (Å²) in [7, 11) is 0. The van der Waals surface area contributed by atoms with Crippen LogP contribution >= 0.6 is 15.9 Å². The summed E-state index contributed by atoms with van der Waals surface area (Å²) in [5.41, 5.74) is 1.76. The van der Waals surface area contributed by atoms with Crippen LogP contribution < -0.4 is 0 Å². The van der Waals surface area contributed by atoms with Crippen LogP contribution in [0, 0.1) is 34.5 Å². The van der Waals surface area contributed by atoms with E-state index in [2.05, 4.69) is 29.8 Å². The fourth-order valence-corrected chi connectivity index (χ4v) is 8.12. The Morgan fingerprint density at radius 3 is 2.64 bits per heavy atom. The third-order valence-electron chi connectivity index (χ3n) is 8.62. The van der Waals surface area contributed by atoms with Gasteiger partial charge in [0.05, 0.1) is 0 Å². The van der Waals surface area contributed by atoms with Crippen molar-refractivity contribution < 1.29 is 14.7 Å². The number of fused-ring (bicyclic) bond motifs is 5. The molecule has 1 unspecified atom stereocenters. The van der Waals surface area contributed by atoms with Gasteiger partial charge >= 0.3 is 5.97 Å². The van der Waals surface area contributed by atoms with Crippen LogP contribution in [0.4, 0.5) is 0 Å². The fourth-order valence-electron chi connectivity index (χ4n) is 7.25. The molecule has 0 radical (unpaired) electrons. The van der Waals surface area contributed by atoms with E-state index in [9.17, 15) is 14.7 Å². The molecule has 1 N–H and O–H groups in total. The lowest BCUT2D eigenvalue weighted by atomic mass is 9.47. The van der Waals surface area contributed by atoms with Crippen LogP contribution in [0.15, 0.2) is 11.6 Å². The zero-order valence-corrected chi connectivity index (χ0v) is 16.8. The lowest BCUT2D eigenvalue weighted by Crippen LogP contribution is -2.51. The SMILES string of the molecule is C[C@]12CC[C@H]3[C@@H](CCC4=CC(=O)CC[C@@]43C)[C@@H]1CC[C@@H]2C(Br)C(=O)O. The molecule has 138 valence electrons. The minimum Gasteiger partial charge on any atom is -0.480 e. The standard InChI is InChI=1S/C21H29BrO3/c1-20-9-7-13(23)11-12(20)3-4-14-15-5-6-17(18(22)19(24)25)21(15,2)10-8-16(14)20/h11,14-18H,3-10H2,1-2H3,(H,24,25)/t14-,15-,16-,17+,18?,20-,21-/m0/s1. The van der Waals surface area contributed by atoms with Crippen molar-refractivity contribution >= 4 is 27.7 Å². The van der Waals surface area contributed by atoms with Gasteiger partial charge in [-0.1, -0.05) is 35.4 Å². The molecule has 4 aliphatic carbocycles. The van der Waals surface area contributed by atoms with E-state index in [1.807, 2.05) is 6.08 Å². The molecule has 7 atom stereocenters. The molecule has 3 nitrogen and oxygen atoms in total. The van der Waals surface area contributed by atoms with Crippen molar-refractivity contribution in [1.82, 2.24) is 0 Å². The molecule has 25 heavy (non-hydrogen) atoms. The maximum absolute atomic E-state index is 11.9. The van der Waals surface area contributed by atoms with E-state index in [1.54, 1.807) is 0 Å². The third-order valence-corrected chi connectivity index (χ3v) is 9.65. The molecule has 4 heteroatoms. The number of ketones is 1. The van der Waals surface area contributed by atoms with Gasteiger partial charge in [-0.15, -0.1) is 0 Å². The van der Waals surface area contributed by atoms with E-state index in [-0.39, 0.29) is 16.7 Å². The topological polar surface area (TPSA) is 54.4 Å². The predicted molar refractivity (Wildman–Crippen MR) is 101 cm³/mol. The van der Waals surface area contributed by atoms with E-state index in [1.165, 1.54) is 24.8 Å². The Morgan fingerprint density at radius 2 is 1.92 bits per heavy atom. The van der Waals surface area contributed by atoms with Gasteiger partial charge in [0, 0.05) is 6.42 Å². The molecule has 3 fully saturated rings. The van der Waals surface area contributed by atoms with Crippen molar-refractivity contribution in [3.63, 3.8) is 0 Å². The van der Waals surface area contributed by atoms with Crippen molar-refractivity contribution in [3.8, 4) is 0 Å². The van der Waals surface area contributed by atoms with Crippen LogP contribution in [0.25, 0.3) is 0 Å². The average Bonchev–Trinajstić information content (AvgIpc) is 2.92. The maximum Gasteiger partial charge on any atom is 0.317 e. The van der Waals surface area contributed by atoms with Crippen molar-refractivity contribution in [2.75, 3.05) is 0 Å². The number of carboxylic acid groups (broad SMARTS) is 1. The minimum absolute atomic E-state index is 0.149. The number of alkyl halides is 1. The highest BCUT2D eigenvalue weighted by atomic mass is 79.9. The van der Waals surface area contributed by atoms with Crippen LogP contribution in [0.3, 0.4) is 0 Å².